The second-order valence-corrected chi connectivity index (χ2v) is 5.78. The highest BCUT2D eigenvalue weighted by molar-refractivity contribution is 5.85. The molecule has 114 valence electrons. The Morgan fingerprint density at radius 2 is 1.86 bits per heavy atom. The minimum Gasteiger partial charge on any atom is -0.382 e. The normalized spacial score (nSPS) is 14.2. The van der Waals surface area contributed by atoms with Crippen LogP contribution in [0.3, 0.4) is 0 Å². The van der Waals surface area contributed by atoms with Gasteiger partial charge in [-0.1, -0.05) is 49.4 Å². The van der Waals surface area contributed by atoms with E-state index in [0.717, 1.165) is 25.8 Å². The number of nitrogens with one attached hydrogen (secondary N) is 1. The van der Waals surface area contributed by atoms with Gasteiger partial charge in [0.25, 0.3) is 0 Å². The lowest BCUT2D eigenvalue weighted by Gasteiger charge is -2.22. The van der Waals surface area contributed by atoms with Crippen LogP contribution in [0, 0.1) is 0 Å². The minimum atomic E-state index is 0.286. The fourth-order valence-corrected chi connectivity index (χ4v) is 2.82. The summed E-state index contributed by atoms with van der Waals surface area (Å²) >= 11 is 0. The fourth-order valence-electron chi connectivity index (χ4n) is 2.82. The lowest BCUT2D eigenvalue weighted by Crippen LogP contribution is -2.35. The van der Waals surface area contributed by atoms with E-state index in [1.54, 1.807) is 7.11 Å². The molecule has 0 saturated carbocycles. The Morgan fingerprint density at radius 1 is 1.10 bits per heavy atom. The summed E-state index contributed by atoms with van der Waals surface area (Å²) in [5.41, 5.74) is 1.42. The molecule has 0 aliphatic heterocycles. The molecule has 1 N–H and O–H groups in total. The summed E-state index contributed by atoms with van der Waals surface area (Å²) in [6, 6.07) is 15.7. The van der Waals surface area contributed by atoms with Gasteiger partial charge in [-0.05, 0) is 49.1 Å². The van der Waals surface area contributed by atoms with E-state index in [1.807, 2.05) is 0 Å². The molecule has 2 nitrogen and oxygen atoms in total. The van der Waals surface area contributed by atoms with Gasteiger partial charge in [0.05, 0.1) is 6.10 Å². The molecule has 0 aromatic heterocycles. The van der Waals surface area contributed by atoms with E-state index in [4.69, 9.17) is 4.74 Å². The van der Waals surface area contributed by atoms with E-state index in [0.29, 0.717) is 6.04 Å². The predicted molar refractivity (Wildman–Crippen MR) is 90.8 cm³/mol. The molecule has 0 amide bonds. The van der Waals surface area contributed by atoms with Crippen LogP contribution in [0.4, 0.5) is 0 Å². The van der Waals surface area contributed by atoms with Gasteiger partial charge in [-0.2, -0.15) is 0 Å². The molecule has 2 aromatic rings. The Bertz CT molecular complexity index is 547. The Hall–Kier alpha value is -1.38. The van der Waals surface area contributed by atoms with Gasteiger partial charge in [0, 0.05) is 13.2 Å². The SMILES string of the molecule is CCCNC(Cc1cccc2ccccc12)CC(C)OC. The lowest BCUT2D eigenvalue weighted by atomic mass is 9.96. The summed E-state index contributed by atoms with van der Waals surface area (Å²) in [5.74, 6) is 0. The van der Waals surface area contributed by atoms with Gasteiger partial charge in [0.15, 0.2) is 0 Å². The van der Waals surface area contributed by atoms with Gasteiger partial charge >= 0.3 is 0 Å². The molecule has 2 atom stereocenters. The van der Waals surface area contributed by atoms with Gasteiger partial charge in [-0.3, -0.25) is 0 Å². The summed E-state index contributed by atoms with van der Waals surface area (Å²) in [7, 11) is 1.79. The maximum atomic E-state index is 5.45. The summed E-state index contributed by atoms with van der Waals surface area (Å²) < 4.78 is 5.45. The number of fused-ring (bicyclic) bond motifs is 1. The van der Waals surface area contributed by atoms with Crippen LogP contribution in [0.1, 0.15) is 32.3 Å². The van der Waals surface area contributed by atoms with E-state index >= 15 is 0 Å². The van der Waals surface area contributed by atoms with Crippen LogP contribution in [0.2, 0.25) is 0 Å². The first kappa shape index (κ1) is 16.0. The molecule has 21 heavy (non-hydrogen) atoms. The van der Waals surface area contributed by atoms with Crippen molar-refractivity contribution in [3.05, 3.63) is 48.0 Å². The van der Waals surface area contributed by atoms with Crippen molar-refractivity contribution < 1.29 is 4.74 Å². The zero-order valence-corrected chi connectivity index (χ0v) is 13.4. The fraction of sp³-hybridized carbons (Fsp3) is 0.474. The van der Waals surface area contributed by atoms with E-state index in [2.05, 4.69) is 61.6 Å². The quantitative estimate of drug-likeness (QED) is 0.786. The maximum absolute atomic E-state index is 5.45. The smallest absolute Gasteiger partial charge is 0.0558 e. The Kier molecular flexibility index (Phi) is 6.21. The highest BCUT2D eigenvalue weighted by atomic mass is 16.5. The number of benzene rings is 2. The van der Waals surface area contributed by atoms with E-state index < -0.39 is 0 Å². The van der Waals surface area contributed by atoms with E-state index in [9.17, 15) is 0 Å². The van der Waals surface area contributed by atoms with Crippen LogP contribution in [0.5, 0.6) is 0 Å². The average Bonchev–Trinajstić information content (AvgIpc) is 2.52. The van der Waals surface area contributed by atoms with Crippen molar-refractivity contribution in [3.63, 3.8) is 0 Å². The highest BCUT2D eigenvalue weighted by Gasteiger charge is 2.14. The Balaban J connectivity index is 2.17. The van der Waals surface area contributed by atoms with E-state index in [1.165, 1.54) is 16.3 Å². The van der Waals surface area contributed by atoms with Crippen molar-refractivity contribution in [2.45, 2.75) is 45.3 Å². The van der Waals surface area contributed by atoms with Gasteiger partial charge in [-0.15, -0.1) is 0 Å². The summed E-state index contributed by atoms with van der Waals surface area (Å²) in [6.07, 6.45) is 3.54. The lowest BCUT2D eigenvalue weighted by molar-refractivity contribution is 0.100. The molecular formula is C19H27NO. The zero-order valence-electron chi connectivity index (χ0n) is 13.4. The molecular weight excluding hydrogens is 258 g/mol. The maximum Gasteiger partial charge on any atom is 0.0558 e. The van der Waals surface area contributed by atoms with Gasteiger partial charge in [0.1, 0.15) is 0 Å². The monoisotopic (exact) mass is 285 g/mol. The highest BCUT2D eigenvalue weighted by Crippen LogP contribution is 2.21. The second kappa shape index (κ2) is 8.16. The molecule has 0 saturated heterocycles. The van der Waals surface area contributed by atoms with Gasteiger partial charge in [-0.25, -0.2) is 0 Å². The first-order valence-corrected chi connectivity index (χ1v) is 7.97. The molecule has 0 radical (unpaired) electrons. The molecule has 0 aliphatic carbocycles. The summed E-state index contributed by atoms with van der Waals surface area (Å²) in [6.45, 7) is 5.41. The van der Waals surface area contributed by atoms with Gasteiger partial charge in [0.2, 0.25) is 0 Å². The first-order valence-electron chi connectivity index (χ1n) is 7.97. The topological polar surface area (TPSA) is 21.3 Å². The largest absolute Gasteiger partial charge is 0.382 e. The molecule has 0 bridgehead atoms. The minimum absolute atomic E-state index is 0.286. The number of hydrogen-bond donors (Lipinski definition) is 1. The van der Waals surface area contributed by atoms with Crippen LogP contribution >= 0.6 is 0 Å². The number of rotatable bonds is 8. The van der Waals surface area contributed by atoms with Crippen molar-refractivity contribution in [3.8, 4) is 0 Å². The Labute approximate surface area is 128 Å². The van der Waals surface area contributed by atoms with Crippen LogP contribution in [0.15, 0.2) is 42.5 Å². The standard InChI is InChI=1S/C19H27NO/c1-4-12-20-18(13-15(2)21-3)14-17-10-7-9-16-8-5-6-11-19(16)17/h5-11,15,18,20H,4,12-14H2,1-3H3. The molecule has 0 spiro atoms. The summed E-state index contributed by atoms with van der Waals surface area (Å²) in [4.78, 5) is 0. The average molecular weight is 285 g/mol. The number of hydrogen-bond acceptors (Lipinski definition) is 2. The third-order valence-corrected chi connectivity index (χ3v) is 4.05. The van der Waals surface area contributed by atoms with Crippen LogP contribution < -0.4 is 5.32 Å². The number of ether oxygens (including phenoxy) is 1. The van der Waals surface area contributed by atoms with E-state index in [-0.39, 0.29) is 6.10 Å². The molecule has 0 aliphatic rings. The van der Waals surface area contributed by atoms with Gasteiger partial charge < -0.3 is 10.1 Å². The summed E-state index contributed by atoms with van der Waals surface area (Å²) in [5, 5.41) is 6.36. The van der Waals surface area contributed by atoms with Crippen LogP contribution in [-0.4, -0.2) is 25.8 Å². The predicted octanol–water partition coefficient (Wildman–Crippen LogP) is 4.18. The Morgan fingerprint density at radius 3 is 2.62 bits per heavy atom. The molecule has 2 aromatic carbocycles. The van der Waals surface area contributed by atoms with Crippen molar-refractivity contribution in [2.75, 3.05) is 13.7 Å². The first-order chi connectivity index (χ1) is 10.2. The zero-order chi connectivity index (χ0) is 15.1. The third kappa shape index (κ3) is 4.55. The van der Waals surface area contributed by atoms with Crippen molar-refractivity contribution >= 4 is 10.8 Å². The van der Waals surface area contributed by atoms with Crippen molar-refractivity contribution in [1.82, 2.24) is 5.32 Å². The van der Waals surface area contributed by atoms with Crippen LogP contribution in [-0.2, 0) is 11.2 Å². The van der Waals surface area contributed by atoms with Crippen molar-refractivity contribution in [1.29, 1.82) is 0 Å². The third-order valence-electron chi connectivity index (χ3n) is 4.05. The molecule has 2 rings (SSSR count). The van der Waals surface area contributed by atoms with Crippen molar-refractivity contribution in [2.24, 2.45) is 0 Å². The molecule has 2 unspecified atom stereocenters. The molecule has 0 fully saturated rings. The molecule has 2 heteroatoms. The molecule has 0 heterocycles. The second-order valence-electron chi connectivity index (χ2n) is 5.78. The number of methoxy groups -OCH3 is 1. The van der Waals surface area contributed by atoms with Crippen LogP contribution in [0.25, 0.3) is 10.8 Å².